The molecule has 0 aliphatic heterocycles. The predicted octanol–water partition coefficient (Wildman–Crippen LogP) is 1.46. The second kappa shape index (κ2) is 4.04. The number of hydrogen-bond acceptors (Lipinski definition) is 4. The van der Waals surface area contributed by atoms with Gasteiger partial charge in [0, 0.05) is 6.20 Å². The van der Waals surface area contributed by atoms with E-state index in [-0.39, 0.29) is 16.7 Å². The number of pyridine rings is 1. The summed E-state index contributed by atoms with van der Waals surface area (Å²) in [6.45, 7) is 1.70. The predicted molar refractivity (Wildman–Crippen MR) is 48.1 cm³/mol. The Kier molecular flexibility index (Phi) is 3.24. The van der Waals surface area contributed by atoms with Gasteiger partial charge in [0.2, 0.25) is 0 Å². The third kappa shape index (κ3) is 2.65. The van der Waals surface area contributed by atoms with Gasteiger partial charge in [-0.2, -0.15) is 8.42 Å². The zero-order chi connectivity index (χ0) is 9.90. The molecule has 0 aliphatic carbocycles. The maximum Gasteiger partial charge on any atom is 0.298 e. The van der Waals surface area contributed by atoms with Crippen LogP contribution < -0.4 is 0 Å². The fraction of sp³-hybridized carbons (Fsp3) is 0.286. The minimum Gasteiger partial charge on any atom is -0.267 e. The van der Waals surface area contributed by atoms with E-state index in [9.17, 15) is 8.42 Å². The summed E-state index contributed by atoms with van der Waals surface area (Å²) in [5, 5.41) is 0.246. The van der Waals surface area contributed by atoms with Crippen molar-refractivity contribution in [3.8, 4) is 0 Å². The molecule has 0 aromatic carbocycles. The second-order valence-electron chi connectivity index (χ2n) is 2.18. The van der Waals surface area contributed by atoms with Crippen LogP contribution in [0.4, 0.5) is 0 Å². The van der Waals surface area contributed by atoms with E-state index in [4.69, 9.17) is 11.6 Å². The Morgan fingerprint density at radius 3 is 2.69 bits per heavy atom. The Morgan fingerprint density at radius 2 is 2.23 bits per heavy atom. The normalized spacial score (nSPS) is 11.5. The highest BCUT2D eigenvalue weighted by Gasteiger charge is 2.13. The van der Waals surface area contributed by atoms with Gasteiger partial charge in [0.15, 0.2) is 0 Å². The van der Waals surface area contributed by atoms with Crippen LogP contribution in [0.5, 0.6) is 0 Å². The lowest BCUT2D eigenvalue weighted by atomic mass is 10.5. The van der Waals surface area contributed by atoms with Gasteiger partial charge in [0.25, 0.3) is 10.1 Å². The van der Waals surface area contributed by atoms with Gasteiger partial charge in [0.05, 0.1) is 6.61 Å². The van der Waals surface area contributed by atoms with Gasteiger partial charge in [-0.3, -0.25) is 4.18 Å². The summed E-state index contributed by atoms with van der Waals surface area (Å²) in [5.74, 6) is 0. The SMILES string of the molecule is CCOS(=O)(=O)c1ccc(Cl)nc1. The number of hydrogen-bond donors (Lipinski definition) is 0. The summed E-state index contributed by atoms with van der Waals surface area (Å²) in [7, 11) is -3.65. The van der Waals surface area contributed by atoms with Crippen molar-refractivity contribution in [2.24, 2.45) is 0 Å². The molecule has 1 aromatic rings. The molecular weight excluding hydrogens is 214 g/mol. The van der Waals surface area contributed by atoms with Gasteiger partial charge in [-0.05, 0) is 19.1 Å². The van der Waals surface area contributed by atoms with Gasteiger partial charge in [-0.25, -0.2) is 4.98 Å². The molecule has 0 atom stereocenters. The molecule has 72 valence electrons. The van der Waals surface area contributed by atoms with Crippen LogP contribution in [0.2, 0.25) is 5.15 Å². The topological polar surface area (TPSA) is 56.3 Å². The fourth-order valence-corrected chi connectivity index (χ4v) is 1.71. The summed E-state index contributed by atoms with van der Waals surface area (Å²) in [4.78, 5) is 3.65. The first-order chi connectivity index (χ1) is 6.06. The molecule has 0 spiro atoms. The highest BCUT2D eigenvalue weighted by molar-refractivity contribution is 7.86. The quantitative estimate of drug-likeness (QED) is 0.573. The molecule has 1 rings (SSSR count). The van der Waals surface area contributed by atoms with E-state index in [1.54, 1.807) is 6.92 Å². The van der Waals surface area contributed by atoms with Crippen LogP contribution in [0.15, 0.2) is 23.2 Å². The summed E-state index contributed by atoms with van der Waals surface area (Å²) in [6, 6.07) is 2.74. The molecule has 4 nitrogen and oxygen atoms in total. The molecule has 0 saturated carbocycles. The Morgan fingerprint density at radius 1 is 1.54 bits per heavy atom. The van der Waals surface area contributed by atoms with Gasteiger partial charge < -0.3 is 0 Å². The van der Waals surface area contributed by atoms with Crippen LogP contribution >= 0.6 is 11.6 Å². The lowest BCUT2D eigenvalue weighted by Crippen LogP contribution is -2.06. The Bertz CT molecular complexity index is 373. The third-order valence-electron chi connectivity index (χ3n) is 1.26. The van der Waals surface area contributed by atoms with E-state index in [1.807, 2.05) is 0 Å². The average molecular weight is 222 g/mol. The summed E-state index contributed by atoms with van der Waals surface area (Å²) < 4.78 is 27.0. The molecule has 1 heterocycles. The Hall–Kier alpha value is -0.650. The number of aromatic nitrogens is 1. The zero-order valence-electron chi connectivity index (χ0n) is 6.90. The summed E-state index contributed by atoms with van der Waals surface area (Å²) in [6.07, 6.45) is 1.16. The van der Waals surface area contributed by atoms with Gasteiger partial charge in [0.1, 0.15) is 10.0 Å². The van der Waals surface area contributed by atoms with Crippen molar-refractivity contribution >= 4 is 21.7 Å². The smallest absolute Gasteiger partial charge is 0.267 e. The van der Waals surface area contributed by atoms with Crippen molar-refractivity contribution in [2.45, 2.75) is 11.8 Å². The molecule has 0 saturated heterocycles. The van der Waals surface area contributed by atoms with Crippen LogP contribution in [0.1, 0.15) is 6.92 Å². The van der Waals surface area contributed by atoms with Gasteiger partial charge in [-0.15, -0.1) is 0 Å². The maximum absolute atomic E-state index is 11.2. The zero-order valence-corrected chi connectivity index (χ0v) is 8.47. The lowest BCUT2D eigenvalue weighted by Gasteiger charge is -2.01. The molecule has 1 aromatic heterocycles. The molecule has 0 unspecified atom stereocenters. The highest BCUT2D eigenvalue weighted by Crippen LogP contribution is 2.12. The van der Waals surface area contributed by atoms with Crippen molar-refractivity contribution in [3.05, 3.63) is 23.5 Å². The highest BCUT2D eigenvalue weighted by atomic mass is 35.5. The largest absolute Gasteiger partial charge is 0.298 e. The van der Waals surface area contributed by atoms with E-state index >= 15 is 0 Å². The molecule has 6 heteroatoms. The van der Waals surface area contributed by atoms with Crippen LogP contribution in [0.3, 0.4) is 0 Å². The molecule has 0 aliphatic rings. The first-order valence-electron chi connectivity index (χ1n) is 3.57. The van der Waals surface area contributed by atoms with E-state index in [1.165, 1.54) is 12.1 Å². The monoisotopic (exact) mass is 221 g/mol. The maximum atomic E-state index is 11.2. The average Bonchev–Trinajstić information content (AvgIpc) is 2.05. The second-order valence-corrected chi connectivity index (χ2v) is 4.18. The molecule has 0 bridgehead atoms. The Labute approximate surface area is 81.6 Å². The third-order valence-corrected chi connectivity index (χ3v) is 2.85. The number of halogens is 1. The standard InChI is InChI=1S/C7H8ClNO3S/c1-2-12-13(10,11)6-3-4-7(8)9-5-6/h3-5H,2H2,1H3. The van der Waals surface area contributed by atoms with Crippen LogP contribution in [-0.4, -0.2) is 20.0 Å². The summed E-state index contributed by atoms with van der Waals surface area (Å²) >= 11 is 5.49. The molecule has 13 heavy (non-hydrogen) atoms. The first kappa shape index (κ1) is 10.4. The number of rotatable bonds is 3. The van der Waals surface area contributed by atoms with E-state index in [2.05, 4.69) is 9.17 Å². The molecule has 0 radical (unpaired) electrons. The number of nitrogens with zero attached hydrogens (tertiary/aromatic N) is 1. The molecular formula is C7H8ClNO3S. The minimum absolute atomic E-state index is 0.0127. The van der Waals surface area contributed by atoms with E-state index < -0.39 is 10.1 Å². The Balaban J connectivity index is 3.02. The van der Waals surface area contributed by atoms with E-state index in [0.717, 1.165) is 6.20 Å². The van der Waals surface area contributed by atoms with Crippen molar-refractivity contribution in [2.75, 3.05) is 6.61 Å². The van der Waals surface area contributed by atoms with Gasteiger partial charge in [-0.1, -0.05) is 11.6 Å². The van der Waals surface area contributed by atoms with Crippen LogP contribution in [0, 0.1) is 0 Å². The lowest BCUT2D eigenvalue weighted by molar-refractivity contribution is 0.338. The van der Waals surface area contributed by atoms with Crippen molar-refractivity contribution in [3.63, 3.8) is 0 Å². The van der Waals surface area contributed by atoms with Crippen LogP contribution in [0.25, 0.3) is 0 Å². The fourth-order valence-electron chi connectivity index (χ4n) is 0.733. The van der Waals surface area contributed by atoms with Crippen LogP contribution in [-0.2, 0) is 14.3 Å². The molecule has 0 N–H and O–H groups in total. The summed E-state index contributed by atoms with van der Waals surface area (Å²) in [5.41, 5.74) is 0. The minimum atomic E-state index is -3.65. The van der Waals surface area contributed by atoms with Crippen molar-refractivity contribution in [1.82, 2.24) is 4.98 Å². The molecule has 0 amide bonds. The van der Waals surface area contributed by atoms with Crippen molar-refractivity contribution < 1.29 is 12.6 Å². The molecule has 0 fully saturated rings. The van der Waals surface area contributed by atoms with Crippen molar-refractivity contribution in [1.29, 1.82) is 0 Å². The van der Waals surface area contributed by atoms with Gasteiger partial charge >= 0.3 is 0 Å². The first-order valence-corrected chi connectivity index (χ1v) is 5.36. The van der Waals surface area contributed by atoms with E-state index in [0.29, 0.717) is 0 Å².